The van der Waals surface area contributed by atoms with E-state index in [1.807, 2.05) is 11.8 Å². The molecule has 2 rings (SSSR count). The molecule has 1 nitrogen and oxygen atoms in total. The molecule has 0 atom stereocenters. The van der Waals surface area contributed by atoms with Crippen LogP contribution in [0.3, 0.4) is 0 Å². The minimum Gasteiger partial charge on any atom is -0.312 e. The number of aryl methyl sites for hydroxylation is 1. The molecule has 2 aromatic carbocycles. The van der Waals surface area contributed by atoms with Crippen molar-refractivity contribution in [3.8, 4) is 0 Å². The van der Waals surface area contributed by atoms with Crippen molar-refractivity contribution in [3.05, 3.63) is 65.7 Å². The molecule has 0 unspecified atom stereocenters. The minimum atomic E-state index is 0.972. The van der Waals surface area contributed by atoms with Gasteiger partial charge in [0.15, 0.2) is 0 Å². The SMILES string of the molecule is CCc1ccccc1CNCCSc1ccccc1. The monoisotopic (exact) mass is 271 g/mol. The summed E-state index contributed by atoms with van der Waals surface area (Å²) in [5.41, 5.74) is 2.88. The molecular formula is C17H21NS. The summed E-state index contributed by atoms with van der Waals surface area (Å²) in [6, 6.07) is 19.2. The molecule has 0 amide bonds. The lowest BCUT2D eigenvalue weighted by molar-refractivity contribution is 0.725. The highest BCUT2D eigenvalue weighted by Crippen LogP contribution is 2.16. The smallest absolute Gasteiger partial charge is 0.0208 e. The van der Waals surface area contributed by atoms with Gasteiger partial charge in [-0.1, -0.05) is 49.4 Å². The van der Waals surface area contributed by atoms with Crippen molar-refractivity contribution in [2.24, 2.45) is 0 Å². The van der Waals surface area contributed by atoms with E-state index in [0.717, 1.165) is 25.3 Å². The first-order chi connectivity index (χ1) is 9.40. The second-order valence-corrected chi connectivity index (χ2v) is 5.63. The van der Waals surface area contributed by atoms with Gasteiger partial charge in [0.2, 0.25) is 0 Å². The molecule has 0 spiro atoms. The fourth-order valence-electron chi connectivity index (χ4n) is 2.06. The summed E-state index contributed by atoms with van der Waals surface area (Å²) in [4.78, 5) is 1.35. The van der Waals surface area contributed by atoms with Gasteiger partial charge in [-0.05, 0) is 29.7 Å². The Labute approximate surface area is 120 Å². The number of nitrogens with one attached hydrogen (secondary N) is 1. The second kappa shape index (κ2) is 8.03. The largest absolute Gasteiger partial charge is 0.312 e. The van der Waals surface area contributed by atoms with Gasteiger partial charge in [-0.15, -0.1) is 11.8 Å². The summed E-state index contributed by atoms with van der Waals surface area (Å²) in [5, 5.41) is 3.53. The van der Waals surface area contributed by atoms with E-state index >= 15 is 0 Å². The van der Waals surface area contributed by atoms with Crippen molar-refractivity contribution in [1.29, 1.82) is 0 Å². The Morgan fingerprint density at radius 2 is 1.58 bits per heavy atom. The fourth-order valence-corrected chi connectivity index (χ4v) is 2.89. The molecular weight excluding hydrogens is 250 g/mol. The Balaban J connectivity index is 1.69. The second-order valence-electron chi connectivity index (χ2n) is 4.46. The standard InChI is InChI=1S/C17H21NS/c1-2-15-8-6-7-9-16(15)14-18-12-13-19-17-10-4-3-5-11-17/h3-11,18H,2,12-14H2,1H3. The van der Waals surface area contributed by atoms with Gasteiger partial charge in [-0.2, -0.15) is 0 Å². The summed E-state index contributed by atoms with van der Waals surface area (Å²) < 4.78 is 0. The predicted molar refractivity (Wildman–Crippen MR) is 84.7 cm³/mol. The highest BCUT2D eigenvalue weighted by Gasteiger charge is 1.99. The van der Waals surface area contributed by atoms with E-state index in [-0.39, 0.29) is 0 Å². The average molecular weight is 271 g/mol. The zero-order valence-electron chi connectivity index (χ0n) is 11.4. The number of hydrogen-bond acceptors (Lipinski definition) is 2. The minimum absolute atomic E-state index is 0.972. The summed E-state index contributed by atoms with van der Waals surface area (Å²) >= 11 is 1.90. The Morgan fingerprint density at radius 3 is 2.32 bits per heavy atom. The van der Waals surface area contributed by atoms with Gasteiger partial charge in [-0.25, -0.2) is 0 Å². The van der Waals surface area contributed by atoms with Crippen molar-refractivity contribution in [2.45, 2.75) is 24.8 Å². The maximum atomic E-state index is 3.53. The van der Waals surface area contributed by atoms with E-state index in [1.54, 1.807) is 0 Å². The Kier molecular flexibility index (Phi) is 5.99. The van der Waals surface area contributed by atoms with Gasteiger partial charge < -0.3 is 5.32 Å². The maximum Gasteiger partial charge on any atom is 0.0208 e. The quantitative estimate of drug-likeness (QED) is 0.600. The molecule has 0 saturated carbocycles. The molecule has 1 N–H and O–H groups in total. The number of benzene rings is 2. The normalized spacial score (nSPS) is 10.6. The van der Waals surface area contributed by atoms with Crippen LogP contribution in [0.5, 0.6) is 0 Å². The van der Waals surface area contributed by atoms with Crippen LogP contribution in [0.1, 0.15) is 18.1 Å². The molecule has 0 aliphatic rings. The molecule has 0 fully saturated rings. The van der Waals surface area contributed by atoms with Gasteiger partial charge >= 0.3 is 0 Å². The number of rotatable bonds is 7. The molecule has 0 bridgehead atoms. The third kappa shape index (κ3) is 4.73. The van der Waals surface area contributed by atoms with Crippen LogP contribution in [-0.2, 0) is 13.0 Å². The van der Waals surface area contributed by atoms with Gasteiger partial charge in [0.05, 0.1) is 0 Å². The molecule has 0 aliphatic carbocycles. The first kappa shape index (κ1) is 14.2. The summed E-state index contributed by atoms with van der Waals surface area (Å²) in [5.74, 6) is 1.11. The molecule has 0 radical (unpaired) electrons. The van der Waals surface area contributed by atoms with Crippen LogP contribution in [0.4, 0.5) is 0 Å². The third-order valence-electron chi connectivity index (χ3n) is 3.11. The average Bonchev–Trinajstić information content (AvgIpc) is 2.48. The van der Waals surface area contributed by atoms with E-state index in [0.29, 0.717) is 0 Å². The Morgan fingerprint density at radius 1 is 0.895 bits per heavy atom. The first-order valence-corrected chi connectivity index (χ1v) is 7.84. The summed E-state index contributed by atoms with van der Waals surface area (Å²) in [7, 11) is 0. The van der Waals surface area contributed by atoms with Crippen LogP contribution in [0.15, 0.2) is 59.5 Å². The summed E-state index contributed by atoms with van der Waals surface area (Å²) in [6.07, 6.45) is 1.11. The molecule has 0 saturated heterocycles. The molecule has 0 aromatic heterocycles. The lowest BCUT2D eigenvalue weighted by Crippen LogP contribution is -2.17. The fraction of sp³-hybridized carbons (Fsp3) is 0.294. The van der Waals surface area contributed by atoms with Gasteiger partial charge in [-0.3, -0.25) is 0 Å². The molecule has 2 aromatic rings. The third-order valence-corrected chi connectivity index (χ3v) is 4.12. The van der Waals surface area contributed by atoms with Crippen LogP contribution < -0.4 is 5.32 Å². The lowest BCUT2D eigenvalue weighted by atomic mass is 10.1. The lowest BCUT2D eigenvalue weighted by Gasteiger charge is -2.09. The Hall–Kier alpha value is -1.25. The topological polar surface area (TPSA) is 12.0 Å². The molecule has 100 valence electrons. The highest BCUT2D eigenvalue weighted by molar-refractivity contribution is 7.99. The van der Waals surface area contributed by atoms with Gasteiger partial charge in [0.25, 0.3) is 0 Å². The first-order valence-electron chi connectivity index (χ1n) is 6.85. The van der Waals surface area contributed by atoms with Crippen LogP contribution in [0, 0.1) is 0 Å². The van der Waals surface area contributed by atoms with Gasteiger partial charge in [0.1, 0.15) is 0 Å². The Bertz CT molecular complexity index is 482. The zero-order chi connectivity index (χ0) is 13.3. The van der Waals surface area contributed by atoms with Crippen molar-refractivity contribution in [2.75, 3.05) is 12.3 Å². The van der Waals surface area contributed by atoms with Gasteiger partial charge in [0, 0.05) is 23.7 Å². The van der Waals surface area contributed by atoms with E-state index < -0.39 is 0 Å². The van der Waals surface area contributed by atoms with E-state index in [1.165, 1.54) is 16.0 Å². The van der Waals surface area contributed by atoms with Crippen LogP contribution >= 0.6 is 11.8 Å². The molecule has 2 heteroatoms. The van der Waals surface area contributed by atoms with E-state index in [4.69, 9.17) is 0 Å². The molecule has 0 heterocycles. The maximum absolute atomic E-state index is 3.53. The zero-order valence-corrected chi connectivity index (χ0v) is 12.2. The summed E-state index contributed by atoms with van der Waals surface area (Å²) in [6.45, 7) is 4.22. The van der Waals surface area contributed by atoms with Crippen molar-refractivity contribution < 1.29 is 0 Å². The van der Waals surface area contributed by atoms with E-state index in [9.17, 15) is 0 Å². The van der Waals surface area contributed by atoms with Crippen LogP contribution in [-0.4, -0.2) is 12.3 Å². The van der Waals surface area contributed by atoms with Crippen LogP contribution in [0.25, 0.3) is 0 Å². The molecule has 19 heavy (non-hydrogen) atoms. The molecule has 0 aliphatic heterocycles. The van der Waals surface area contributed by atoms with Crippen molar-refractivity contribution >= 4 is 11.8 Å². The number of hydrogen-bond donors (Lipinski definition) is 1. The van der Waals surface area contributed by atoms with Crippen molar-refractivity contribution in [3.63, 3.8) is 0 Å². The highest BCUT2D eigenvalue weighted by atomic mass is 32.2. The predicted octanol–water partition coefficient (Wildman–Crippen LogP) is 4.13. The van der Waals surface area contributed by atoms with Crippen molar-refractivity contribution in [1.82, 2.24) is 5.32 Å². The number of thioether (sulfide) groups is 1. The van der Waals surface area contributed by atoms with E-state index in [2.05, 4.69) is 66.8 Å². The van der Waals surface area contributed by atoms with Crippen LogP contribution in [0.2, 0.25) is 0 Å².